The van der Waals surface area contributed by atoms with Crippen LogP contribution in [0.25, 0.3) is 16.7 Å². The van der Waals surface area contributed by atoms with Gasteiger partial charge in [-0.2, -0.15) is 0 Å². The van der Waals surface area contributed by atoms with Gasteiger partial charge in [0.25, 0.3) is 0 Å². The molecule has 1 aliphatic heterocycles. The molecule has 0 amide bonds. The topological polar surface area (TPSA) is 18.5 Å². The summed E-state index contributed by atoms with van der Waals surface area (Å²) in [6, 6.07) is 17.1. The van der Waals surface area contributed by atoms with Gasteiger partial charge >= 0.3 is 7.12 Å². The number of rotatable bonds is 4. The van der Waals surface area contributed by atoms with Crippen LogP contribution in [0.15, 0.2) is 66.8 Å². The Labute approximate surface area is 164 Å². The zero-order valence-electron chi connectivity index (χ0n) is 17.2. The van der Waals surface area contributed by atoms with E-state index in [0.29, 0.717) is 0 Å². The maximum atomic E-state index is 6.31. The lowest BCUT2D eigenvalue weighted by Crippen LogP contribution is -2.41. The lowest BCUT2D eigenvalue weighted by molar-refractivity contribution is 0.00578. The van der Waals surface area contributed by atoms with Crippen LogP contribution < -0.4 is 5.46 Å². The predicted octanol–water partition coefficient (Wildman–Crippen LogP) is 5.63. The smallest absolute Gasteiger partial charge is 0.399 e. The molecule has 1 fully saturated rings. The first-order valence-electron chi connectivity index (χ1n) is 9.63. The first kappa shape index (κ1) is 19.7. The van der Waals surface area contributed by atoms with E-state index in [1.807, 2.05) is 13.0 Å². The maximum Gasteiger partial charge on any atom is 0.494 e. The minimum absolute atomic E-state index is 0.354. The molecule has 0 spiro atoms. The number of hydrogen-bond acceptors (Lipinski definition) is 2. The van der Waals surface area contributed by atoms with Crippen LogP contribution in [0.2, 0.25) is 0 Å². The molecule has 0 saturated carbocycles. The van der Waals surface area contributed by atoms with Gasteiger partial charge in [-0.05, 0) is 75.3 Å². The van der Waals surface area contributed by atoms with Crippen LogP contribution in [0.4, 0.5) is 0 Å². The van der Waals surface area contributed by atoms with Gasteiger partial charge in [0.15, 0.2) is 0 Å². The Morgan fingerprint density at radius 3 is 2.04 bits per heavy atom. The van der Waals surface area contributed by atoms with Crippen LogP contribution >= 0.6 is 0 Å². The highest BCUT2D eigenvalue weighted by Gasteiger charge is 2.51. The molecule has 140 valence electrons. The molecule has 0 atom stereocenters. The summed E-state index contributed by atoms with van der Waals surface area (Å²) in [4.78, 5) is 0. The molecule has 3 rings (SSSR count). The lowest BCUT2D eigenvalue weighted by Gasteiger charge is -2.32. The fourth-order valence-electron chi connectivity index (χ4n) is 3.27. The summed E-state index contributed by atoms with van der Waals surface area (Å²) in [6.07, 6.45) is 6.34. The van der Waals surface area contributed by atoms with Crippen LogP contribution in [0.3, 0.4) is 0 Å². The predicted molar refractivity (Wildman–Crippen MR) is 116 cm³/mol. The first-order chi connectivity index (χ1) is 12.8. The van der Waals surface area contributed by atoms with E-state index in [2.05, 4.69) is 95.3 Å². The summed E-state index contributed by atoms with van der Waals surface area (Å²) in [7, 11) is -0.374. The third-order valence-corrected chi connectivity index (χ3v) is 5.58. The summed E-state index contributed by atoms with van der Waals surface area (Å²) < 4.78 is 12.6. The van der Waals surface area contributed by atoms with Gasteiger partial charge in [0.2, 0.25) is 0 Å². The van der Waals surface area contributed by atoms with Gasteiger partial charge in [-0.3, -0.25) is 0 Å². The van der Waals surface area contributed by atoms with Crippen molar-refractivity contribution in [3.63, 3.8) is 0 Å². The summed E-state index contributed by atoms with van der Waals surface area (Å²) in [5.41, 5.74) is 5.05. The molecule has 1 aliphatic rings. The lowest BCUT2D eigenvalue weighted by atomic mass is 9.76. The fourth-order valence-corrected chi connectivity index (χ4v) is 3.27. The third-order valence-electron chi connectivity index (χ3n) is 5.58. The standard InChI is InChI=1S/C24H29BO2/c1-7-12-18(8-2)20-15-21(19-13-10-9-11-14-19)17-22(16-20)25-26-23(3,4)24(5,6)27-25/h7-17H,1-6H3/b12-7-,18-8+. The van der Waals surface area contributed by atoms with Gasteiger partial charge in [0.05, 0.1) is 11.2 Å². The molecule has 0 unspecified atom stereocenters. The van der Waals surface area contributed by atoms with Gasteiger partial charge in [-0.25, -0.2) is 0 Å². The van der Waals surface area contributed by atoms with Crippen molar-refractivity contribution in [3.05, 3.63) is 72.3 Å². The van der Waals surface area contributed by atoms with Crippen molar-refractivity contribution in [2.24, 2.45) is 0 Å². The van der Waals surface area contributed by atoms with E-state index in [0.717, 1.165) is 5.46 Å². The minimum Gasteiger partial charge on any atom is -0.399 e. The third kappa shape index (κ3) is 3.95. The van der Waals surface area contributed by atoms with E-state index in [1.165, 1.54) is 22.3 Å². The highest BCUT2D eigenvalue weighted by atomic mass is 16.7. The van der Waals surface area contributed by atoms with E-state index >= 15 is 0 Å². The highest BCUT2D eigenvalue weighted by Crippen LogP contribution is 2.37. The Morgan fingerprint density at radius 1 is 0.852 bits per heavy atom. The average Bonchev–Trinajstić information content (AvgIpc) is 2.87. The molecule has 0 bridgehead atoms. The molecule has 2 aromatic rings. The zero-order valence-corrected chi connectivity index (χ0v) is 17.2. The fraction of sp³-hybridized carbons (Fsp3) is 0.333. The summed E-state index contributed by atoms with van der Waals surface area (Å²) in [6.45, 7) is 12.5. The van der Waals surface area contributed by atoms with E-state index < -0.39 is 0 Å². The highest BCUT2D eigenvalue weighted by molar-refractivity contribution is 6.62. The van der Waals surface area contributed by atoms with Crippen LogP contribution in [-0.2, 0) is 9.31 Å². The van der Waals surface area contributed by atoms with Crippen molar-refractivity contribution in [2.45, 2.75) is 52.7 Å². The summed E-state index contributed by atoms with van der Waals surface area (Å²) in [5, 5.41) is 0. The van der Waals surface area contributed by atoms with Crippen LogP contribution in [-0.4, -0.2) is 18.3 Å². The molecule has 2 nitrogen and oxygen atoms in total. The second-order valence-corrected chi connectivity index (χ2v) is 8.04. The van der Waals surface area contributed by atoms with Gasteiger partial charge in [-0.1, -0.05) is 60.7 Å². The molecule has 27 heavy (non-hydrogen) atoms. The van der Waals surface area contributed by atoms with Gasteiger partial charge in [0.1, 0.15) is 0 Å². The van der Waals surface area contributed by atoms with Crippen LogP contribution in [0, 0.1) is 0 Å². The molecular weight excluding hydrogens is 331 g/mol. The van der Waals surface area contributed by atoms with E-state index in [4.69, 9.17) is 9.31 Å². The summed E-state index contributed by atoms with van der Waals surface area (Å²) >= 11 is 0. The Kier molecular flexibility index (Phi) is 5.46. The average molecular weight is 360 g/mol. The first-order valence-corrected chi connectivity index (χ1v) is 9.63. The number of hydrogen-bond donors (Lipinski definition) is 0. The van der Waals surface area contributed by atoms with Crippen molar-refractivity contribution in [3.8, 4) is 11.1 Å². The SMILES string of the molecule is C/C=C\C(=C/C)c1cc(B2OC(C)(C)C(C)(C)O2)cc(-c2ccccc2)c1. The molecule has 2 aromatic carbocycles. The number of allylic oxidation sites excluding steroid dienone is 4. The monoisotopic (exact) mass is 360 g/mol. The zero-order chi connectivity index (χ0) is 19.7. The van der Waals surface area contributed by atoms with Crippen molar-refractivity contribution >= 4 is 18.2 Å². The van der Waals surface area contributed by atoms with Crippen molar-refractivity contribution in [1.82, 2.24) is 0 Å². The quantitative estimate of drug-likeness (QED) is 0.519. The van der Waals surface area contributed by atoms with E-state index in [1.54, 1.807) is 0 Å². The molecule has 0 radical (unpaired) electrons. The molecular formula is C24H29BO2. The van der Waals surface area contributed by atoms with Gasteiger partial charge in [-0.15, -0.1) is 0 Å². The maximum absolute atomic E-state index is 6.31. The van der Waals surface area contributed by atoms with E-state index in [9.17, 15) is 0 Å². The molecule has 3 heteroatoms. The molecule has 0 aromatic heterocycles. The van der Waals surface area contributed by atoms with Crippen molar-refractivity contribution in [1.29, 1.82) is 0 Å². The molecule has 1 heterocycles. The Morgan fingerprint density at radius 2 is 1.48 bits per heavy atom. The van der Waals surface area contributed by atoms with Gasteiger partial charge in [0, 0.05) is 0 Å². The molecule has 1 saturated heterocycles. The molecule has 0 N–H and O–H groups in total. The minimum atomic E-state index is -0.374. The van der Waals surface area contributed by atoms with Crippen LogP contribution in [0.5, 0.6) is 0 Å². The summed E-state index contributed by atoms with van der Waals surface area (Å²) in [5.74, 6) is 0. The Bertz CT molecular complexity index is 847. The normalized spacial score (nSPS) is 19.0. The largest absolute Gasteiger partial charge is 0.494 e. The number of benzene rings is 2. The Balaban J connectivity index is 2.11. The Hall–Kier alpha value is -2.10. The van der Waals surface area contributed by atoms with Crippen LogP contribution in [0.1, 0.15) is 47.1 Å². The second kappa shape index (κ2) is 7.50. The van der Waals surface area contributed by atoms with Crippen molar-refractivity contribution in [2.75, 3.05) is 0 Å². The second-order valence-electron chi connectivity index (χ2n) is 8.04. The van der Waals surface area contributed by atoms with Gasteiger partial charge < -0.3 is 9.31 Å². The van der Waals surface area contributed by atoms with Crippen molar-refractivity contribution < 1.29 is 9.31 Å². The molecule has 0 aliphatic carbocycles. The van der Waals surface area contributed by atoms with E-state index in [-0.39, 0.29) is 18.3 Å².